The Kier molecular flexibility index (Phi) is 6.60. The van der Waals surface area contributed by atoms with Crippen LogP contribution in [0.2, 0.25) is 5.02 Å². The average Bonchev–Trinajstić information content (AvgIpc) is 3.30. The van der Waals surface area contributed by atoms with Crippen LogP contribution in [0.25, 0.3) is 0 Å². The third-order valence-corrected chi connectivity index (χ3v) is 6.95. The van der Waals surface area contributed by atoms with Crippen LogP contribution in [0.5, 0.6) is 0 Å². The molecule has 1 saturated heterocycles. The van der Waals surface area contributed by atoms with Gasteiger partial charge >= 0.3 is 0 Å². The summed E-state index contributed by atoms with van der Waals surface area (Å²) in [6.45, 7) is 4.52. The first kappa shape index (κ1) is 21.7. The van der Waals surface area contributed by atoms with Crippen LogP contribution in [0.4, 0.5) is 0 Å². The zero-order valence-corrected chi connectivity index (χ0v) is 18.3. The van der Waals surface area contributed by atoms with Gasteiger partial charge in [0.15, 0.2) is 0 Å². The zero-order valence-electron chi connectivity index (χ0n) is 16.7. The zero-order chi connectivity index (χ0) is 21.2. The molecule has 0 aliphatic carbocycles. The van der Waals surface area contributed by atoms with Crippen molar-refractivity contribution in [1.82, 2.24) is 19.4 Å². The van der Waals surface area contributed by atoms with Crippen LogP contribution in [-0.4, -0.2) is 47.3 Å². The summed E-state index contributed by atoms with van der Waals surface area (Å²) in [5.41, 5.74) is 0. The normalized spacial score (nSPS) is 17.8. The van der Waals surface area contributed by atoms with Crippen molar-refractivity contribution in [3.05, 3.63) is 41.1 Å². The summed E-state index contributed by atoms with van der Waals surface area (Å²) in [4.78, 5) is 13.8. The first-order valence-electron chi connectivity index (χ1n) is 9.52. The summed E-state index contributed by atoms with van der Waals surface area (Å²) in [5.74, 6) is 0.788. The van der Waals surface area contributed by atoms with E-state index in [1.807, 2.05) is 13.8 Å². The quantitative estimate of drug-likeness (QED) is 0.655. The van der Waals surface area contributed by atoms with Gasteiger partial charge in [0.05, 0.1) is 11.4 Å². The summed E-state index contributed by atoms with van der Waals surface area (Å²) >= 11 is 5.87. The third-order valence-electron chi connectivity index (χ3n) is 4.77. The number of rotatable bonds is 7. The Hall–Kier alpha value is -1.97. The lowest BCUT2D eigenvalue weighted by Crippen LogP contribution is -2.30. The van der Waals surface area contributed by atoms with Crippen LogP contribution in [0.3, 0.4) is 0 Å². The van der Waals surface area contributed by atoms with Crippen LogP contribution in [0.1, 0.15) is 50.9 Å². The van der Waals surface area contributed by atoms with E-state index in [-0.39, 0.29) is 35.0 Å². The number of benzene rings is 1. The predicted molar refractivity (Wildman–Crippen MR) is 108 cm³/mol. The van der Waals surface area contributed by atoms with Crippen molar-refractivity contribution in [1.29, 1.82) is 0 Å². The monoisotopic (exact) mass is 440 g/mol. The van der Waals surface area contributed by atoms with Gasteiger partial charge in [0.25, 0.3) is 0 Å². The first-order valence-corrected chi connectivity index (χ1v) is 11.3. The maximum atomic E-state index is 13.0. The highest BCUT2D eigenvalue weighted by Crippen LogP contribution is 2.36. The van der Waals surface area contributed by atoms with E-state index in [1.54, 1.807) is 19.2 Å². The number of halogens is 1. The molecule has 0 N–H and O–H groups in total. The molecule has 1 aliphatic heterocycles. The fourth-order valence-corrected chi connectivity index (χ4v) is 5.05. The van der Waals surface area contributed by atoms with E-state index in [2.05, 4.69) is 10.2 Å². The summed E-state index contributed by atoms with van der Waals surface area (Å²) in [6.07, 6.45) is 1.73. The molecule has 29 heavy (non-hydrogen) atoms. The van der Waals surface area contributed by atoms with Crippen molar-refractivity contribution in [3.63, 3.8) is 0 Å². The summed E-state index contributed by atoms with van der Waals surface area (Å²) in [7, 11) is -2.03. The maximum absolute atomic E-state index is 13.0. The number of aromatic nitrogens is 2. The number of hydrogen-bond acceptors (Lipinski definition) is 6. The van der Waals surface area contributed by atoms with E-state index in [4.69, 9.17) is 16.0 Å². The van der Waals surface area contributed by atoms with E-state index in [9.17, 15) is 13.2 Å². The molecule has 1 aromatic carbocycles. The van der Waals surface area contributed by atoms with Crippen LogP contribution in [0.15, 0.2) is 33.6 Å². The molecule has 3 rings (SSSR count). The average molecular weight is 441 g/mol. The Bertz CT molecular complexity index is 959. The van der Waals surface area contributed by atoms with Gasteiger partial charge in [-0.1, -0.05) is 25.4 Å². The van der Waals surface area contributed by atoms with E-state index in [0.29, 0.717) is 30.8 Å². The largest absolute Gasteiger partial charge is 0.422 e. The third kappa shape index (κ3) is 4.96. The topological polar surface area (TPSA) is 96.6 Å². The first-order chi connectivity index (χ1) is 13.7. The molecule has 2 heterocycles. The minimum atomic E-state index is -3.71. The van der Waals surface area contributed by atoms with Gasteiger partial charge in [-0.25, -0.2) is 8.42 Å². The lowest BCUT2D eigenvalue weighted by molar-refractivity contribution is -0.131. The minimum absolute atomic E-state index is 0.00689. The van der Waals surface area contributed by atoms with Crippen LogP contribution >= 0.6 is 11.6 Å². The Labute approximate surface area is 175 Å². The fourth-order valence-electron chi connectivity index (χ4n) is 3.28. The second kappa shape index (κ2) is 8.81. The second-order valence-corrected chi connectivity index (χ2v) is 9.94. The molecule has 0 saturated carbocycles. The van der Waals surface area contributed by atoms with Gasteiger partial charge in [0.1, 0.15) is 6.04 Å². The molecule has 0 bridgehead atoms. The maximum Gasteiger partial charge on any atom is 0.243 e. The van der Waals surface area contributed by atoms with Crippen LogP contribution in [-0.2, 0) is 21.4 Å². The number of carbonyl (C=O) groups is 1. The molecular formula is C19H25ClN4O4S. The molecule has 8 nitrogen and oxygen atoms in total. The fraction of sp³-hybridized carbons (Fsp3) is 0.526. The minimum Gasteiger partial charge on any atom is -0.422 e. The van der Waals surface area contributed by atoms with Gasteiger partial charge in [0, 0.05) is 25.0 Å². The van der Waals surface area contributed by atoms with Gasteiger partial charge < -0.3 is 9.32 Å². The van der Waals surface area contributed by atoms with Crippen LogP contribution in [0, 0.1) is 5.92 Å². The Balaban J connectivity index is 1.75. The Morgan fingerprint density at radius 2 is 2.00 bits per heavy atom. The lowest BCUT2D eigenvalue weighted by atomic mass is 10.1. The highest BCUT2D eigenvalue weighted by Gasteiger charge is 2.39. The molecule has 2 aromatic rings. The van der Waals surface area contributed by atoms with Gasteiger partial charge in [-0.3, -0.25) is 4.79 Å². The number of hydrogen-bond donors (Lipinski definition) is 0. The molecule has 0 spiro atoms. The highest BCUT2D eigenvalue weighted by atomic mass is 35.5. The standard InChI is InChI=1S/C19H25ClN4O4S/c1-13(2)11-18(25)23(3)12-17-21-22-19(28-17)16-5-4-10-24(16)29(26,27)15-8-6-14(20)7-9-15/h6-9,13,16H,4-5,10-12H2,1-3H3/t16-/m0/s1. The van der Waals surface area contributed by atoms with Crippen molar-refractivity contribution >= 4 is 27.5 Å². The summed E-state index contributed by atoms with van der Waals surface area (Å²) in [6, 6.07) is 5.56. The Morgan fingerprint density at radius 1 is 1.31 bits per heavy atom. The molecule has 0 unspecified atom stereocenters. The van der Waals surface area contributed by atoms with Gasteiger partial charge in [-0.05, 0) is 43.0 Å². The Morgan fingerprint density at radius 3 is 2.66 bits per heavy atom. The van der Waals surface area contributed by atoms with Gasteiger partial charge in [-0.2, -0.15) is 4.31 Å². The van der Waals surface area contributed by atoms with Crippen molar-refractivity contribution in [2.45, 2.75) is 50.6 Å². The molecule has 1 fully saturated rings. The summed E-state index contributed by atoms with van der Waals surface area (Å²) < 4.78 is 33.2. The molecular weight excluding hydrogens is 416 g/mol. The SMILES string of the molecule is CC(C)CC(=O)N(C)Cc1nnc([C@@H]2CCCN2S(=O)(=O)c2ccc(Cl)cc2)o1. The van der Waals surface area contributed by atoms with E-state index >= 15 is 0 Å². The molecule has 1 atom stereocenters. The molecule has 1 amide bonds. The molecule has 0 radical (unpaired) electrons. The number of sulfonamides is 1. The predicted octanol–water partition coefficient (Wildman–Crippen LogP) is 3.25. The number of nitrogens with zero attached hydrogens (tertiary/aromatic N) is 4. The molecule has 10 heteroatoms. The van der Waals surface area contributed by atoms with E-state index in [0.717, 1.165) is 0 Å². The molecule has 1 aliphatic rings. The van der Waals surface area contributed by atoms with Gasteiger partial charge in [0.2, 0.25) is 27.7 Å². The lowest BCUT2D eigenvalue weighted by Gasteiger charge is -2.21. The van der Waals surface area contributed by atoms with Crippen molar-refractivity contribution in [2.75, 3.05) is 13.6 Å². The molecule has 158 valence electrons. The van der Waals surface area contributed by atoms with Crippen molar-refractivity contribution in [3.8, 4) is 0 Å². The van der Waals surface area contributed by atoms with Gasteiger partial charge in [-0.15, -0.1) is 10.2 Å². The van der Waals surface area contributed by atoms with E-state index < -0.39 is 16.1 Å². The van der Waals surface area contributed by atoms with E-state index in [1.165, 1.54) is 21.3 Å². The van der Waals surface area contributed by atoms with Crippen molar-refractivity contribution < 1.29 is 17.6 Å². The second-order valence-electron chi connectivity index (χ2n) is 7.61. The molecule has 1 aromatic heterocycles. The number of carbonyl (C=O) groups excluding carboxylic acids is 1. The highest BCUT2D eigenvalue weighted by molar-refractivity contribution is 7.89. The number of amides is 1. The van der Waals surface area contributed by atoms with Crippen molar-refractivity contribution in [2.24, 2.45) is 5.92 Å². The summed E-state index contributed by atoms with van der Waals surface area (Å²) in [5, 5.41) is 8.55. The van der Waals surface area contributed by atoms with Crippen LogP contribution < -0.4 is 0 Å². The smallest absolute Gasteiger partial charge is 0.243 e.